The maximum atomic E-state index is 12.6. The molecule has 1 heterocycles. The Labute approximate surface area is 181 Å². The first-order valence-electron chi connectivity index (χ1n) is 8.21. The number of hydrogen-bond acceptors (Lipinski definition) is 4. The lowest BCUT2D eigenvalue weighted by Crippen LogP contribution is -2.14. The molecule has 3 aromatic rings. The van der Waals surface area contributed by atoms with Crippen LogP contribution in [0, 0.1) is 0 Å². The van der Waals surface area contributed by atoms with Crippen molar-refractivity contribution in [1.82, 2.24) is 0 Å². The average Bonchev–Trinajstić information content (AvgIpc) is 3.08. The minimum Gasteiger partial charge on any atom is -0.462 e. The van der Waals surface area contributed by atoms with E-state index in [2.05, 4.69) is 5.32 Å². The number of benzene rings is 2. The third-order valence-electron chi connectivity index (χ3n) is 3.83. The van der Waals surface area contributed by atoms with Crippen LogP contribution < -0.4 is 5.32 Å². The van der Waals surface area contributed by atoms with Gasteiger partial charge < -0.3 is 10.1 Å². The van der Waals surface area contributed by atoms with E-state index in [4.69, 9.17) is 39.5 Å². The van der Waals surface area contributed by atoms with Crippen molar-refractivity contribution in [2.75, 3.05) is 11.9 Å². The Kier molecular flexibility index (Phi) is 6.62. The van der Waals surface area contributed by atoms with Crippen LogP contribution in [0.25, 0.3) is 11.1 Å². The Morgan fingerprint density at radius 1 is 1.04 bits per heavy atom. The number of carbonyl (C=O) groups is 2. The van der Waals surface area contributed by atoms with Crippen LogP contribution in [0.2, 0.25) is 15.1 Å². The van der Waals surface area contributed by atoms with Gasteiger partial charge in [0.05, 0.1) is 16.7 Å². The Bertz CT molecular complexity index is 1030. The summed E-state index contributed by atoms with van der Waals surface area (Å²) in [6.07, 6.45) is 0. The monoisotopic (exact) mass is 453 g/mol. The quantitative estimate of drug-likeness (QED) is 0.431. The minimum absolute atomic E-state index is 0.217. The third kappa shape index (κ3) is 4.50. The summed E-state index contributed by atoms with van der Waals surface area (Å²) >= 11 is 19.1. The topological polar surface area (TPSA) is 55.4 Å². The highest BCUT2D eigenvalue weighted by Crippen LogP contribution is 2.37. The molecule has 28 heavy (non-hydrogen) atoms. The zero-order valence-corrected chi connectivity index (χ0v) is 17.7. The van der Waals surface area contributed by atoms with Crippen LogP contribution >= 0.6 is 46.1 Å². The molecule has 1 aromatic heterocycles. The van der Waals surface area contributed by atoms with Crippen molar-refractivity contribution in [3.8, 4) is 11.1 Å². The van der Waals surface area contributed by atoms with Crippen LogP contribution in [-0.4, -0.2) is 18.5 Å². The number of carbonyl (C=O) groups excluding carboxylic acids is 2. The van der Waals surface area contributed by atoms with Gasteiger partial charge in [-0.2, -0.15) is 0 Å². The predicted octanol–water partition coefficient (Wildman–Crippen LogP) is 6.80. The van der Waals surface area contributed by atoms with Crippen LogP contribution in [-0.2, 0) is 4.74 Å². The summed E-state index contributed by atoms with van der Waals surface area (Å²) < 4.78 is 5.19. The molecule has 0 fully saturated rings. The molecular weight excluding hydrogens is 441 g/mol. The van der Waals surface area contributed by atoms with E-state index in [1.54, 1.807) is 48.7 Å². The second-order valence-electron chi connectivity index (χ2n) is 5.66. The Morgan fingerprint density at radius 2 is 1.75 bits per heavy atom. The van der Waals surface area contributed by atoms with Crippen molar-refractivity contribution in [3.05, 3.63) is 74.0 Å². The van der Waals surface area contributed by atoms with Crippen LogP contribution in [0.4, 0.5) is 5.00 Å². The number of halogens is 3. The normalized spacial score (nSPS) is 10.6. The van der Waals surface area contributed by atoms with E-state index in [0.29, 0.717) is 31.7 Å². The number of amides is 1. The molecule has 0 unspecified atom stereocenters. The lowest BCUT2D eigenvalue weighted by atomic mass is 10.0. The Morgan fingerprint density at radius 3 is 2.39 bits per heavy atom. The zero-order chi connectivity index (χ0) is 20.3. The van der Waals surface area contributed by atoms with Gasteiger partial charge in [-0.25, -0.2) is 4.79 Å². The van der Waals surface area contributed by atoms with E-state index in [-0.39, 0.29) is 11.6 Å². The number of ether oxygens (including phenoxy) is 1. The van der Waals surface area contributed by atoms with Gasteiger partial charge in [0.15, 0.2) is 0 Å². The van der Waals surface area contributed by atoms with Crippen LogP contribution in [0.3, 0.4) is 0 Å². The lowest BCUT2D eigenvalue weighted by Gasteiger charge is -2.09. The van der Waals surface area contributed by atoms with E-state index in [9.17, 15) is 9.59 Å². The fourth-order valence-corrected chi connectivity index (χ4v) is 3.89. The van der Waals surface area contributed by atoms with Crippen molar-refractivity contribution in [2.24, 2.45) is 0 Å². The summed E-state index contributed by atoms with van der Waals surface area (Å²) in [7, 11) is 0. The van der Waals surface area contributed by atoms with Crippen LogP contribution in [0.1, 0.15) is 27.6 Å². The molecule has 144 valence electrons. The number of thiophene rings is 1. The lowest BCUT2D eigenvalue weighted by molar-refractivity contribution is 0.0529. The summed E-state index contributed by atoms with van der Waals surface area (Å²) in [6.45, 7) is 1.94. The summed E-state index contributed by atoms with van der Waals surface area (Å²) in [6, 6.07) is 11.6. The molecule has 3 rings (SSSR count). The molecule has 1 N–H and O–H groups in total. The minimum atomic E-state index is -0.516. The number of anilines is 1. The van der Waals surface area contributed by atoms with E-state index in [0.717, 1.165) is 5.56 Å². The maximum absolute atomic E-state index is 12.6. The van der Waals surface area contributed by atoms with Crippen molar-refractivity contribution in [3.63, 3.8) is 0 Å². The van der Waals surface area contributed by atoms with Gasteiger partial charge in [0, 0.05) is 21.5 Å². The highest BCUT2D eigenvalue weighted by molar-refractivity contribution is 7.15. The van der Waals surface area contributed by atoms with Crippen LogP contribution in [0.5, 0.6) is 0 Å². The van der Waals surface area contributed by atoms with Crippen molar-refractivity contribution >= 4 is 63.0 Å². The predicted molar refractivity (Wildman–Crippen MR) is 115 cm³/mol. The summed E-state index contributed by atoms with van der Waals surface area (Å²) in [5, 5.41) is 6.16. The second-order valence-corrected chi connectivity index (χ2v) is 7.79. The number of hydrogen-bond donors (Lipinski definition) is 1. The fourth-order valence-electron chi connectivity index (χ4n) is 2.51. The molecule has 0 atom stereocenters. The first-order chi connectivity index (χ1) is 13.4. The first-order valence-corrected chi connectivity index (χ1v) is 10.2. The van der Waals surface area contributed by atoms with Gasteiger partial charge in [0.2, 0.25) is 0 Å². The molecule has 1 amide bonds. The SMILES string of the molecule is CCOC(=O)c1c(-c2ccc(Cl)cc2)csc1NC(=O)c1ccc(Cl)c(Cl)c1. The average molecular weight is 455 g/mol. The van der Waals surface area contributed by atoms with E-state index in [1.165, 1.54) is 17.4 Å². The number of rotatable bonds is 5. The van der Waals surface area contributed by atoms with Gasteiger partial charge in [0.25, 0.3) is 5.91 Å². The highest BCUT2D eigenvalue weighted by atomic mass is 35.5. The zero-order valence-electron chi connectivity index (χ0n) is 14.6. The van der Waals surface area contributed by atoms with E-state index >= 15 is 0 Å². The molecule has 0 saturated heterocycles. The van der Waals surface area contributed by atoms with Crippen molar-refractivity contribution < 1.29 is 14.3 Å². The molecule has 0 radical (unpaired) electrons. The molecule has 0 saturated carbocycles. The summed E-state index contributed by atoms with van der Waals surface area (Å²) in [4.78, 5) is 25.2. The van der Waals surface area contributed by atoms with E-state index < -0.39 is 11.9 Å². The van der Waals surface area contributed by atoms with Gasteiger partial charge in [-0.05, 0) is 42.8 Å². The molecule has 0 aliphatic carbocycles. The Hall–Kier alpha value is -2.05. The van der Waals surface area contributed by atoms with Crippen molar-refractivity contribution in [1.29, 1.82) is 0 Å². The largest absolute Gasteiger partial charge is 0.462 e. The number of esters is 1. The van der Waals surface area contributed by atoms with Gasteiger partial charge in [-0.3, -0.25) is 4.79 Å². The van der Waals surface area contributed by atoms with Crippen molar-refractivity contribution in [2.45, 2.75) is 6.92 Å². The van der Waals surface area contributed by atoms with Gasteiger partial charge in [-0.15, -0.1) is 11.3 Å². The summed E-state index contributed by atoms with van der Waals surface area (Å²) in [5.41, 5.74) is 2.07. The fraction of sp³-hybridized carbons (Fsp3) is 0.100. The molecule has 4 nitrogen and oxygen atoms in total. The first kappa shape index (κ1) is 20.7. The smallest absolute Gasteiger partial charge is 0.341 e. The molecule has 0 spiro atoms. The number of nitrogens with one attached hydrogen (secondary N) is 1. The molecule has 8 heteroatoms. The molecular formula is C20H14Cl3NO3S. The van der Waals surface area contributed by atoms with E-state index in [1.807, 2.05) is 0 Å². The molecule has 0 aliphatic heterocycles. The molecule has 2 aromatic carbocycles. The summed E-state index contributed by atoms with van der Waals surface area (Å²) in [5.74, 6) is -0.924. The standard InChI is InChI=1S/C20H14Cl3NO3S/c1-2-27-20(26)17-14(11-3-6-13(21)7-4-11)10-28-19(17)24-18(25)12-5-8-15(22)16(23)9-12/h3-10H,2H2,1H3,(H,24,25). The molecule has 0 bridgehead atoms. The third-order valence-corrected chi connectivity index (χ3v) is 5.72. The second kappa shape index (κ2) is 8.97. The highest BCUT2D eigenvalue weighted by Gasteiger charge is 2.23. The van der Waals surface area contributed by atoms with Gasteiger partial charge >= 0.3 is 5.97 Å². The van der Waals surface area contributed by atoms with Gasteiger partial charge in [-0.1, -0.05) is 46.9 Å². The van der Waals surface area contributed by atoms with Crippen LogP contribution in [0.15, 0.2) is 47.8 Å². The maximum Gasteiger partial charge on any atom is 0.341 e. The van der Waals surface area contributed by atoms with Gasteiger partial charge in [0.1, 0.15) is 10.6 Å². The molecule has 0 aliphatic rings. The Balaban J connectivity index is 1.98.